The number of nitrogens with one attached hydrogen (secondary N) is 2. The lowest BCUT2D eigenvalue weighted by Gasteiger charge is -2.19. The second kappa shape index (κ2) is 8.87. The number of halogens is 2. The Kier molecular flexibility index (Phi) is 6.83. The van der Waals surface area contributed by atoms with Crippen molar-refractivity contribution >= 4 is 40.5 Å². The molecule has 140 valence electrons. The smallest absolute Gasteiger partial charge is 0.246 e. The summed E-state index contributed by atoms with van der Waals surface area (Å²) < 4.78 is 15.9. The molecule has 0 unspecified atom stereocenters. The van der Waals surface area contributed by atoms with Crippen LogP contribution in [-0.4, -0.2) is 33.3 Å². The summed E-state index contributed by atoms with van der Waals surface area (Å²) in [6, 6.07) is 7.76. The van der Waals surface area contributed by atoms with Gasteiger partial charge in [-0.2, -0.15) is 0 Å². The second-order valence-corrected chi connectivity index (χ2v) is 6.24. The number of hydrogen-bond acceptors (Lipinski definition) is 5. The molecule has 0 saturated carbocycles. The van der Waals surface area contributed by atoms with Crippen molar-refractivity contribution < 1.29 is 19.0 Å². The van der Waals surface area contributed by atoms with Crippen LogP contribution >= 0.6 is 23.2 Å². The fourth-order valence-corrected chi connectivity index (χ4v) is 2.77. The molecule has 0 aliphatic heterocycles. The number of hydrogen-bond donors (Lipinski definition) is 2. The van der Waals surface area contributed by atoms with Crippen LogP contribution in [0.4, 0.5) is 11.4 Å². The summed E-state index contributed by atoms with van der Waals surface area (Å²) >= 11 is 11.9. The molecule has 2 N–H and O–H groups in total. The number of anilines is 2. The van der Waals surface area contributed by atoms with E-state index in [0.29, 0.717) is 38.7 Å². The van der Waals surface area contributed by atoms with E-state index in [0.717, 1.165) is 0 Å². The fourth-order valence-electron chi connectivity index (χ4n) is 2.31. The Balaban J connectivity index is 2.15. The van der Waals surface area contributed by atoms with Crippen LogP contribution < -0.4 is 24.8 Å². The number of methoxy groups -OCH3 is 3. The van der Waals surface area contributed by atoms with E-state index in [4.69, 9.17) is 37.4 Å². The first kappa shape index (κ1) is 20.0. The summed E-state index contributed by atoms with van der Waals surface area (Å²) in [5, 5.41) is 6.72. The van der Waals surface area contributed by atoms with Crippen LogP contribution in [0.1, 0.15) is 6.92 Å². The molecular formula is C18H20Cl2N2O4. The molecule has 0 aliphatic rings. The van der Waals surface area contributed by atoms with E-state index < -0.39 is 6.04 Å². The number of ether oxygens (including phenoxy) is 3. The Morgan fingerprint density at radius 3 is 2.12 bits per heavy atom. The van der Waals surface area contributed by atoms with E-state index in [1.54, 1.807) is 37.3 Å². The summed E-state index contributed by atoms with van der Waals surface area (Å²) in [5.41, 5.74) is 1.13. The van der Waals surface area contributed by atoms with Crippen molar-refractivity contribution in [3.8, 4) is 17.2 Å². The van der Waals surface area contributed by atoms with Crippen molar-refractivity contribution in [1.82, 2.24) is 0 Å². The molecule has 0 spiro atoms. The highest BCUT2D eigenvalue weighted by atomic mass is 35.5. The molecular weight excluding hydrogens is 379 g/mol. The summed E-state index contributed by atoms with van der Waals surface area (Å²) in [6.45, 7) is 1.72. The van der Waals surface area contributed by atoms with Crippen LogP contribution in [0.3, 0.4) is 0 Å². The van der Waals surface area contributed by atoms with Gasteiger partial charge in [0, 0.05) is 22.8 Å². The molecule has 0 radical (unpaired) electrons. The monoisotopic (exact) mass is 398 g/mol. The maximum absolute atomic E-state index is 12.4. The standard InChI is InChI=1S/C18H20Cl2N2O4/c1-10(18(23)22-14-6-5-11(19)7-13(14)20)21-12-8-15(24-2)17(26-4)16(9-12)25-3/h5-10,21H,1-4H3,(H,22,23)/t10-/m0/s1. The lowest BCUT2D eigenvalue weighted by molar-refractivity contribution is -0.116. The van der Waals surface area contributed by atoms with Gasteiger partial charge in [0.15, 0.2) is 11.5 Å². The maximum atomic E-state index is 12.4. The molecule has 1 amide bonds. The highest BCUT2D eigenvalue weighted by molar-refractivity contribution is 6.36. The molecule has 0 fully saturated rings. The van der Waals surface area contributed by atoms with E-state index >= 15 is 0 Å². The van der Waals surface area contributed by atoms with E-state index in [2.05, 4.69) is 10.6 Å². The SMILES string of the molecule is COc1cc(N[C@@H](C)C(=O)Nc2ccc(Cl)cc2Cl)cc(OC)c1OC. The van der Waals surface area contributed by atoms with Crippen molar-refractivity contribution in [1.29, 1.82) is 0 Å². The maximum Gasteiger partial charge on any atom is 0.246 e. The second-order valence-electron chi connectivity index (χ2n) is 5.39. The highest BCUT2D eigenvalue weighted by Crippen LogP contribution is 2.40. The topological polar surface area (TPSA) is 68.8 Å². The molecule has 2 rings (SSSR count). The van der Waals surface area contributed by atoms with Gasteiger partial charge in [-0.1, -0.05) is 23.2 Å². The predicted octanol–water partition coefficient (Wildman–Crippen LogP) is 4.46. The van der Waals surface area contributed by atoms with E-state index in [1.165, 1.54) is 21.3 Å². The Hall–Kier alpha value is -2.31. The lowest BCUT2D eigenvalue weighted by atomic mass is 10.2. The van der Waals surface area contributed by atoms with Gasteiger partial charge in [-0.25, -0.2) is 0 Å². The Labute approximate surface area is 162 Å². The first-order valence-electron chi connectivity index (χ1n) is 7.72. The number of carbonyl (C=O) groups excluding carboxylic acids is 1. The molecule has 2 aromatic rings. The summed E-state index contributed by atoms with van der Waals surface area (Å²) in [4.78, 5) is 12.4. The van der Waals surface area contributed by atoms with Gasteiger partial charge < -0.3 is 24.8 Å². The molecule has 0 saturated heterocycles. The minimum absolute atomic E-state index is 0.261. The molecule has 8 heteroatoms. The minimum Gasteiger partial charge on any atom is -0.493 e. The Morgan fingerprint density at radius 1 is 1.00 bits per heavy atom. The summed E-state index contributed by atoms with van der Waals surface area (Å²) in [7, 11) is 4.58. The van der Waals surface area contributed by atoms with Gasteiger partial charge >= 0.3 is 0 Å². The average Bonchev–Trinajstić information content (AvgIpc) is 2.62. The van der Waals surface area contributed by atoms with Crippen LogP contribution in [0.5, 0.6) is 17.2 Å². The third kappa shape index (κ3) is 4.65. The summed E-state index contributed by atoms with van der Waals surface area (Å²) in [6.07, 6.45) is 0. The molecule has 2 aromatic carbocycles. The summed E-state index contributed by atoms with van der Waals surface area (Å²) in [5.74, 6) is 1.19. The van der Waals surface area contributed by atoms with Crippen molar-refractivity contribution in [2.75, 3.05) is 32.0 Å². The normalized spacial score (nSPS) is 11.5. The zero-order valence-electron chi connectivity index (χ0n) is 14.9. The predicted molar refractivity (Wildman–Crippen MR) is 104 cm³/mol. The zero-order valence-corrected chi connectivity index (χ0v) is 16.4. The number of rotatable bonds is 7. The molecule has 26 heavy (non-hydrogen) atoms. The van der Waals surface area contributed by atoms with Crippen LogP contribution in [0.15, 0.2) is 30.3 Å². The van der Waals surface area contributed by atoms with Crippen LogP contribution in [0.2, 0.25) is 10.0 Å². The van der Waals surface area contributed by atoms with Gasteiger partial charge in [-0.3, -0.25) is 4.79 Å². The quantitative estimate of drug-likeness (QED) is 0.720. The van der Waals surface area contributed by atoms with E-state index in [9.17, 15) is 4.79 Å². The minimum atomic E-state index is -0.551. The van der Waals surface area contributed by atoms with Gasteiger partial charge in [-0.15, -0.1) is 0 Å². The third-order valence-electron chi connectivity index (χ3n) is 3.63. The van der Waals surface area contributed by atoms with Crippen LogP contribution in [0.25, 0.3) is 0 Å². The van der Waals surface area contributed by atoms with E-state index in [-0.39, 0.29) is 5.91 Å². The molecule has 0 aromatic heterocycles. The average molecular weight is 399 g/mol. The van der Waals surface area contributed by atoms with Gasteiger partial charge in [0.05, 0.1) is 32.0 Å². The van der Waals surface area contributed by atoms with Gasteiger partial charge in [-0.05, 0) is 25.1 Å². The van der Waals surface area contributed by atoms with Gasteiger partial charge in [0.25, 0.3) is 0 Å². The van der Waals surface area contributed by atoms with Crippen LogP contribution in [0, 0.1) is 0 Å². The number of benzene rings is 2. The molecule has 6 nitrogen and oxygen atoms in total. The van der Waals surface area contributed by atoms with Crippen molar-refractivity contribution in [3.63, 3.8) is 0 Å². The third-order valence-corrected chi connectivity index (χ3v) is 4.18. The van der Waals surface area contributed by atoms with Crippen molar-refractivity contribution in [2.45, 2.75) is 13.0 Å². The largest absolute Gasteiger partial charge is 0.493 e. The zero-order chi connectivity index (χ0) is 19.3. The van der Waals surface area contributed by atoms with Crippen molar-refractivity contribution in [2.24, 2.45) is 0 Å². The highest BCUT2D eigenvalue weighted by Gasteiger charge is 2.18. The van der Waals surface area contributed by atoms with E-state index in [1.807, 2.05) is 0 Å². The molecule has 1 atom stereocenters. The number of carbonyl (C=O) groups is 1. The Bertz CT molecular complexity index is 774. The fraction of sp³-hybridized carbons (Fsp3) is 0.278. The molecule has 0 bridgehead atoms. The van der Waals surface area contributed by atoms with Crippen molar-refractivity contribution in [3.05, 3.63) is 40.4 Å². The Morgan fingerprint density at radius 2 is 1.62 bits per heavy atom. The lowest BCUT2D eigenvalue weighted by Crippen LogP contribution is -2.32. The van der Waals surface area contributed by atoms with Crippen LogP contribution in [-0.2, 0) is 4.79 Å². The first-order chi connectivity index (χ1) is 12.4. The number of amides is 1. The van der Waals surface area contributed by atoms with Gasteiger partial charge in [0.2, 0.25) is 11.7 Å². The molecule has 0 heterocycles. The first-order valence-corrected chi connectivity index (χ1v) is 8.47. The molecule has 0 aliphatic carbocycles. The van der Waals surface area contributed by atoms with Gasteiger partial charge in [0.1, 0.15) is 6.04 Å².